The van der Waals surface area contributed by atoms with Crippen LogP contribution in [0.3, 0.4) is 0 Å². The highest BCUT2D eigenvalue weighted by atomic mass is 16.5. The average molecular weight is 383 g/mol. The van der Waals surface area contributed by atoms with Crippen LogP contribution in [0.2, 0.25) is 0 Å². The Labute approximate surface area is 164 Å². The van der Waals surface area contributed by atoms with Crippen LogP contribution in [-0.4, -0.2) is 30.6 Å². The van der Waals surface area contributed by atoms with Crippen LogP contribution in [0, 0.1) is 5.92 Å². The lowest BCUT2D eigenvalue weighted by Crippen LogP contribution is -2.38. The molecule has 3 amide bonds. The first-order chi connectivity index (χ1) is 13.3. The van der Waals surface area contributed by atoms with Gasteiger partial charge in [0.05, 0.1) is 5.56 Å². The fourth-order valence-corrected chi connectivity index (χ4v) is 2.18. The number of para-hydroxylation sites is 1. The van der Waals surface area contributed by atoms with Gasteiger partial charge in [-0.05, 0) is 49.2 Å². The summed E-state index contributed by atoms with van der Waals surface area (Å²) in [5.41, 5.74) is 1.48. The van der Waals surface area contributed by atoms with E-state index in [0.29, 0.717) is 22.9 Å². The zero-order valence-corrected chi connectivity index (χ0v) is 16.2. The molecule has 7 nitrogen and oxygen atoms in total. The van der Waals surface area contributed by atoms with Gasteiger partial charge in [0.15, 0.2) is 6.61 Å². The van der Waals surface area contributed by atoms with Gasteiger partial charge in [-0.2, -0.15) is 0 Å². The number of carbonyl (C=O) groups is 3. The Bertz CT molecular complexity index is 804. The van der Waals surface area contributed by atoms with Crippen molar-refractivity contribution in [3.63, 3.8) is 0 Å². The van der Waals surface area contributed by atoms with Crippen molar-refractivity contribution in [2.75, 3.05) is 17.2 Å². The Morgan fingerprint density at radius 1 is 0.857 bits per heavy atom. The smallest absolute Gasteiger partial charge is 0.338 e. The van der Waals surface area contributed by atoms with Crippen molar-refractivity contribution in [1.82, 2.24) is 5.32 Å². The van der Waals surface area contributed by atoms with E-state index in [1.54, 1.807) is 24.3 Å². The molecular formula is C21H25N3O4. The van der Waals surface area contributed by atoms with Crippen molar-refractivity contribution in [2.24, 2.45) is 5.92 Å². The number of urea groups is 1. The number of benzene rings is 2. The highest BCUT2D eigenvalue weighted by Crippen LogP contribution is 2.12. The third-order valence-corrected chi connectivity index (χ3v) is 4.13. The SMILES string of the molecule is CC(C)C(C)NC(=O)COC(=O)c1ccc(NC(=O)Nc2ccccc2)cc1. The third kappa shape index (κ3) is 6.75. The van der Waals surface area contributed by atoms with E-state index in [1.165, 1.54) is 12.1 Å². The molecule has 1 atom stereocenters. The highest BCUT2D eigenvalue weighted by Gasteiger charge is 2.14. The number of rotatable bonds is 7. The topological polar surface area (TPSA) is 96.5 Å². The first-order valence-electron chi connectivity index (χ1n) is 9.04. The molecule has 0 radical (unpaired) electrons. The number of esters is 1. The van der Waals surface area contributed by atoms with Crippen LogP contribution in [-0.2, 0) is 9.53 Å². The van der Waals surface area contributed by atoms with E-state index < -0.39 is 12.0 Å². The Hall–Kier alpha value is -3.35. The molecule has 2 aromatic rings. The van der Waals surface area contributed by atoms with Crippen LogP contribution >= 0.6 is 0 Å². The maximum atomic E-state index is 12.0. The van der Waals surface area contributed by atoms with Crippen LogP contribution in [0.5, 0.6) is 0 Å². The first kappa shape index (κ1) is 21.0. The summed E-state index contributed by atoms with van der Waals surface area (Å²) in [6.07, 6.45) is 0. The lowest BCUT2D eigenvalue weighted by Gasteiger charge is -2.17. The van der Waals surface area contributed by atoms with E-state index in [9.17, 15) is 14.4 Å². The molecule has 0 saturated carbocycles. The monoisotopic (exact) mass is 383 g/mol. The summed E-state index contributed by atoms with van der Waals surface area (Å²) < 4.78 is 5.02. The summed E-state index contributed by atoms with van der Waals surface area (Å²) in [5.74, 6) is -0.656. The quantitative estimate of drug-likeness (QED) is 0.636. The van der Waals surface area contributed by atoms with Crippen molar-refractivity contribution >= 4 is 29.3 Å². The molecule has 2 aromatic carbocycles. The van der Waals surface area contributed by atoms with Crippen molar-refractivity contribution < 1.29 is 19.1 Å². The standard InChI is InChI=1S/C21H25N3O4/c1-14(2)15(3)22-19(25)13-28-20(26)16-9-11-18(12-10-16)24-21(27)23-17-7-5-4-6-8-17/h4-12,14-15H,13H2,1-3H3,(H,22,25)(H2,23,24,27). The van der Waals surface area contributed by atoms with Gasteiger partial charge in [0, 0.05) is 17.4 Å². The van der Waals surface area contributed by atoms with E-state index in [1.807, 2.05) is 39.0 Å². The number of carbonyl (C=O) groups excluding carboxylic acids is 3. The van der Waals surface area contributed by atoms with Crippen LogP contribution in [0.4, 0.5) is 16.2 Å². The third-order valence-electron chi connectivity index (χ3n) is 4.13. The molecule has 0 aromatic heterocycles. The van der Waals surface area contributed by atoms with Crippen molar-refractivity contribution in [1.29, 1.82) is 0 Å². The Morgan fingerprint density at radius 2 is 1.43 bits per heavy atom. The van der Waals surface area contributed by atoms with Gasteiger partial charge in [-0.25, -0.2) is 9.59 Å². The van der Waals surface area contributed by atoms with Crippen LogP contribution in [0.25, 0.3) is 0 Å². The number of nitrogens with one attached hydrogen (secondary N) is 3. The van der Waals surface area contributed by atoms with E-state index >= 15 is 0 Å². The molecule has 2 rings (SSSR count). The fraction of sp³-hybridized carbons (Fsp3) is 0.286. The molecule has 148 valence electrons. The molecule has 1 unspecified atom stereocenters. The van der Waals surface area contributed by atoms with Crippen LogP contribution in [0.15, 0.2) is 54.6 Å². The highest BCUT2D eigenvalue weighted by molar-refractivity contribution is 6.00. The molecule has 3 N–H and O–H groups in total. The second-order valence-electron chi connectivity index (χ2n) is 6.70. The Balaban J connectivity index is 1.82. The fourth-order valence-electron chi connectivity index (χ4n) is 2.18. The summed E-state index contributed by atoms with van der Waals surface area (Å²) in [6, 6.07) is 14.9. The minimum absolute atomic E-state index is 0.00130. The van der Waals surface area contributed by atoms with Crippen molar-refractivity contribution in [2.45, 2.75) is 26.8 Å². The predicted octanol–water partition coefficient (Wildman–Crippen LogP) is 3.65. The zero-order valence-electron chi connectivity index (χ0n) is 16.2. The van der Waals surface area contributed by atoms with Gasteiger partial charge in [-0.3, -0.25) is 4.79 Å². The van der Waals surface area contributed by atoms with Crippen molar-refractivity contribution in [3.05, 3.63) is 60.2 Å². The molecule has 0 aliphatic rings. The summed E-state index contributed by atoms with van der Waals surface area (Å²) in [7, 11) is 0. The molecule has 0 heterocycles. The van der Waals surface area contributed by atoms with Gasteiger partial charge in [0.25, 0.3) is 5.91 Å². The molecule has 0 bridgehead atoms. The van der Waals surface area contributed by atoms with Gasteiger partial charge in [-0.1, -0.05) is 32.0 Å². The molecule has 7 heteroatoms. The average Bonchev–Trinajstić information content (AvgIpc) is 2.67. The Morgan fingerprint density at radius 3 is 2.00 bits per heavy atom. The lowest BCUT2D eigenvalue weighted by molar-refractivity contribution is -0.125. The molecule has 0 spiro atoms. The first-order valence-corrected chi connectivity index (χ1v) is 9.04. The van der Waals surface area contributed by atoms with Crippen LogP contribution in [0.1, 0.15) is 31.1 Å². The summed E-state index contributed by atoms with van der Waals surface area (Å²) in [5, 5.41) is 8.14. The molecule has 0 aliphatic carbocycles. The van der Waals surface area contributed by atoms with Gasteiger partial charge in [0.1, 0.15) is 0 Å². The number of amides is 3. The maximum absolute atomic E-state index is 12.0. The molecular weight excluding hydrogens is 358 g/mol. The summed E-state index contributed by atoms with van der Waals surface area (Å²) in [6.45, 7) is 5.54. The Kier molecular flexibility index (Phi) is 7.56. The minimum Gasteiger partial charge on any atom is -0.452 e. The normalized spacial score (nSPS) is 11.4. The second kappa shape index (κ2) is 10.1. The molecule has 28 heavy (non-hydrogen) atoms. The molecule has 0 saturated heterocycles. The summed E-state index contributed by atoms with van der Waals surface area (Å²) in [4.78, 5) is 35.8. The molecule has 0 aliphatic heterocycles. The van der Waals surface area contributed by atoms with E-state index in [4.69, 9.17) is 4.74 Å². The molecule has 0 fully saturated rings. The van der Waals surface area contributed by atoms with Gasteiger partial charge >= 0.3 is 12.0 Å². The number of anilines is 2. The second-order valence-corrected chi connectivity index (χ2v) is 6.70. The summed E-state index contributed by atoms with van der Waals surface area (Å²) >= 11 is 0. The van der Waals surface area contributed by atoms with Crippen LogP contribution < -0.4 is 16.0 Å². The maximum Gasteiger partial charge on any atom is 0.338 e. The van der Waals surface area contributed by atoms with Crippen molar-refractivity contribution in [3.8, 4) is 0 Å². The zero-order chi connectivity index (χ0) is 20.5. The van der Waals surface area contributed by atoms with E-state index in [-0.39, 0.29) is 18.6 Å². The number of hydrogen-bond acceptors (Lipinski definition) is 4. The number of ether oxygens (including phenoxy) is 1. The van der Waals surface area contributed by atoms with Gasteiger partial charge in [0.2, 0.25) is 0 Å². The number of hydrogen-bond donors (Lipinski definition) is 3. The van der Waals surface area contributed by atoms with Gasteiger partial charge < -0.3 is 20.7 Å². The predicted molar refractivity (Wildman–Crippen MR) is 108 cm³/mol. The van der Waals surface area contributed by atoms with E-state index in [0.717, 1.165) is 0 Å². The minimum atomic E-state index is -0.604. The lowest BCUT2D eigenvalue weighted by atomic mass is 10.1. The van der Waals surface area contributed by atoms with Gasteiger partial charge in [-0.15, -0.1) is 0 Å². The largest absolute Gasteiger partial charge is 0.452 e. The van der Waals surface area contributed by atoms with E-state index in [2.05, 4.69) is 16.0 Å².